The number of ether oxygens (including phenoxy) is 1. The van der Waals surface area contributed by atoms with Crippen LogP contribution in [0.4, 0.5) is 5.69 Å². The van der Waals surface area contributed by atoms with Gasteiger partial charge in [0, 0.05) is 36.7 Å². The number of methoxy groups -OCH3 is 1. The van der Waals surface area contributed by atoms with Gasteiger partial charge in [0.1, 0.15) is 5.75 Å². The van der Waals surface area contributed by atoms with Gasteiger partial charge in [0.15, 0.2) is 5.69 Å². The van der Waals surface area contributed by atoms with E-state index in [9.17, 15) is 9.59 Å². The highest BCUT2D eigenvalue weighted by atomic mass is 16.5. The van der Waals surface area contributed by atoms with Gasteiger partial charge < -0.3 is 20.7 Å². The Kier molecular flexibility index (Phi) is 5.69. The molecule has 0 aliphatic heterocycles. The van der Waals surface area contributed by atoms with Crippen molar-refractivity contribution in [3.8, 4) is 16.9 Å². The zero-order valence-electron chi connectivity index (χ0n) is 18.7. The van der Waals surface area contributed by atoms with Crippen molar-refractivity contribution in [1.82, 2.24) is 15.1 Å². The maximum atomic E-state index is 12.5. The van der Waals surface area contributed by atoms with Crippen LogP contribution in [-0.2, 0) is 0 Å². The number of hydrogen-bond acceptors (Lipinski definition) is 6. The lowest BCUT2D eigenvalue weighted by molar-refractivity contribution is 0.0827. The van der Waals surface area contributed by atoms with E-state index < -0.39 is 5.91 Å². The number of primary amides is 1. The van der Waals surface area contributed by atoms with Crippen LogP contribution in [0.1, 0.15) is 40.6 Å². The summed E-state index contributed by atoms with van der Waals surface area (Å²) in [5.74, 6) is 0.508. The topological polar surface area (TPSA) is 110 Å². The molecule has 0 saturated heterocycles. The van der Waals surface area contributed by atoms with E-state index >= 15 is 0 Å². The van der Waals surface area contributed by atoms with Crippen LogP contribution in [0.5, 0.6) is 5.75 Å². The summed E-state index contributed by atoms with van der Waals surface area (Å²) in [5.41, 5.74) is 9.07. The molecule has 4 rings (SSSR count). The third-order valence-corrected chi connectivity index (χ3v) is 5.86. The molecule has 1 aliphatic rings. The van der Waals surface area contributed by atoms with Crippen molar-refractivity contribution < 1.29 is 14.3 Å². The Labute approximate surface area is 186 Å². The van der Waals surface area contributed by atoms with Gasteiger partial charge in [-0.1, -0.05) is 6.07 Å². The first kappa shape index (κ1) is 21.5. The SMILES string of the molecule is COc1ccc(C(=O)N(C)C)cc1-c1ccc2c(NC(C)C3CC3)c(C(N)=O)nnc2c1. The molecule has 3 aromatic rings. The van der Waals surface area contributed by atoms with E-state index in [2.05, 4.69) is 22.4 Å². The van der Waals surface area contributed by atoms with E-state index in [4.69, 9.17) is 10.5 Å². The second-order valence-corrected chi connectivity index (χ2v) is 8.40. The van der Waals surface area contributed by atoms with Crippen LogP contribution >= 0.6 is 0 Å². The van der Waals surface area contributed by atoms with E-state index in [0.717, 1.165) is 16.5 Å². The number of amides is 2. The summed E-state index contributed by atoms with van der Waals surface area (Å²) in [7, 11) is 5.02. The molecule has 32 heavy (non-hydrogen) atoms. The highest BCUT2D eigenvalue weighted by Crippen LogP contribution is 2.37. The molecule has 0 spiro atoms. The van der Waals surface area contributed by atoms with Gasteiger partial charge in [-0.15, -0.1) is 10.2 Å². The number of hydrogen-bond donors (Lipinski definition) is 2. The number of benzene rings is 2. The van der Waals surface area contributed by atoms with Crippen LogP contribution in [0, 0.1) is 5.92 Å². The van der Waals surface area contributed by atoms with E-state index in [1.807, 2.05) is 24.3 Å². The number of carbonyl (C=O) groups is 2. The van der Waals surface area contributed by atoms with E-state index in [-0.39, 0.29) is 17.6 Å². The highest BCUT2D eigenvalue weighted by Gasteiger charge is 2.29. The molecule has 1 heterocycles. The van der Waals surface area contributed by atoms with Crippen LogP contribution in [-0.4, -0.2) is 54.2 Å². The molecule has 1 aromatic heterocycles. The number of nitrogens with zero attached hydrogens (tertiary/aromatic N) is 3. The van der Waals surface area contributed by atoms with Crippen LogP contribution < -0.4 is 15.8 Å². The Morgan fingerprint density at radius 2 is 1.91 bits per heavy atom. The molecule has 0 bridgehead atoms. The zero-order chi connectivity index (χ0) is 23.0. The van der Waals surface area contributed by atoms with Crippen molar-refractivity contribution in [2.45, 2.75) is 25.8 Å². The van der Waals surface area contributed by atoms with Crippen LogP contribution in [0.2, 0.25) is 0 Å². The molecule has 1 atom stereocenters. The molecule has 3 N–H and O–H groups in total. The van der Waals surface area contributed by atoms with Gasteiger partial charge in [0.25, 0.3) is 11.8 Å². The third kappa shape index (κ3) is 4.08. The van der Waals surface area contributed by atoms with Gasteiger partial charge in [-0.25, -0.2) is 0 Å². The highest BCUT2D eigenvalue weighted by molar-refractivity contribution is 6.05. The molecule has 2 amide bonds. The van der Waals surface area contributed by atoms with Gasteiger partial charge in [-0.05, 0) is 61.6 Å². The first-order valence-electron chi connectivity index (χ1n) is 10.6. The second-order valence-electron chi connectivity index (χ2n) is 8.40. The Morgan fingerprint density at radius 3 is 2.53 bits per heavy atom. The number of nitrogens with one attached hydrogen (secondary N) is 1. The van der Waals surface area contributed by atoms with Gasteiger partial charge >= 0.3 is 0 Å². The molecule has 0 radical (unpaired) electrons. The lowest BCUT2D eigenvalue weighted by Crippen LogP contribution is -2.23. The molecule has 8 heteroatoms. The Balaban J connectivity index is 1.82. The van der Waals surface area contributed by atoms with Crippen LogP contribution in [0.25, 0.3) is 22.0 Å². The van der Waals surface area contributed by atoms with E-state index in [1.54, 1.807) is 33.3 Å². The lowest BCUT2D eigenvalue weighted by Gasteiger charge is -2.18. The predicted octanol–water partition coefficient (Wildman–Crippen LogP) is 3.32. The largest absolute Gasteiger partial charge is 0.496 e. The summed E-state index contributed by atoms with van der Waals surface area (Å²) < 4.78 is 5.53. The minimum Gasteiger partial charge on any atom is -0.496 e. The maximum Gasteiger partial charge on any atom is 0.271 e. The van der Waals surface area contributed by atoms with Gasteiger partial charge in [-0.3, -0.25) is 9.59 Å². The summed E-state index contributed by atoms with van der Waals surface area (Å²) in [6.45, 7) is 2.10. The summed E-state index contributed by atoms with van der Waals surface area (Å²) in [6.07, 6.45) is 2.34. The van der Waals surface area contributed by atoms with E-state index in [1.165, 1.54) is 17.7 Å². The van der Waals surface area contributed by atoms with Gasteiger partial charge in [0.05, 0.1) is 18.3 Å². The fraction of sp³-hybridized carbons (Fsp3) is 0.333. The molecule has 1 saturated carbocycles. The average molecular weight is 434 g/mol. The Bertz CT molecular complexity index is 1200. The molecule has 1 unspecified atom stereocenters. The van der Waals surface area contributed by atoms with Crippen LogP contribution in [0.3, 0.4) is 0 Å². The monoisotopic (exact) mass is 433 g/mol. The standard InChI is InChI=1S/C24H27N5O3/c1-13(14-5-6-14)26-21-17-9-7-15(12-19(17)27-28-22(21)23(25)30)18-11-16(24(31)29(2)3)8-10-20(18)32-4/h7-14H,5-6H2,1-4H3,(H2,25,30)(H,26,27). The molecule has 1 aliphatic carbocycles. The Hall–Kier alpha value is -3.68. The molecule has 166 valence electrons. The number of fused-ring (bicyclic) bond motifs is 1. The number of rotatable bonds is 7. The molecular weight excluding hydrogens is 406 g/mol. The smallest absolute Gasteiger partial charge is 0.271 e. The predicted molar refractivity (Wildman–Crippen MR) is 124 cm³/mol. The van der Waals surface area contributed by atoms with Gasteiger partial charge in [0.2, 0.25) is 0 Å². The maximum absolute atomic E-state index is 12.5. The number of nitrogens with two attached hydrogens (primary N) is 1. The normalized spacial score (nSPS) is 14.1. The lowest BCUT2D eigenvalue weighted by atomic mass is 9.99. The minimum absolute atomic E-state index is 0.0962. The van der Waals surface area contributed by atoms with Crippen molar-refractivity contribution in [2.24, 2.45) is 11.7 Å². The van der Waals surface area contributed by atoms with Crippen molar-refractivity contribution in [3.05, 3.63) is 47.7 Å². The fourth-order valence-electron chi connectivity index (χ4n) is 3.86. The molecule has 1 fully saturated rings. The molecular formula is C24H27N5O3. The number of aromatic nitrogens is 2. The molecule has 8 nitrogen and oxygen atoms in total. The van der Waals surface area contributed by atoms with Gasteiger partial charge in [-0.2, -0.15) is 0 Å². The summed E-state index contributed by atoms with van der Waals surface area (Å²) in [4.78, 5) is 26.0. The first-order chi connectivity index (χ1) is 15.3. The van der Waals surface area contributed by atoms with Crippen molar-refractivity contribution >= 4 is 28.4 Å². The Morgan fingerprint density at radius 1 is 1.16 bits per heavy atom. The van der Waals surface area contributed by atoms with Crippen LogP contribution in [0.15, 0.2) is 36.4 Å². The number of anilines is 1. The van der Waals surface area contributed by atoms with Crippen molar-refractivity contribution in [3.63, 3.8) is 0 Å². The quantitative estimate of drug-likeness (QED) is 0.591. The summed E-state index contributed by atoms with van der Waals surface area (Å²) in [6, 6.07) is 11.2. The summed E-state index contributed by atoms with van der Waals surface area (Å²) >= 11 is 0. The molecule has 2 aromatic carbocycles. The average Bonchev–Trinajstić information content (AvgIpc) is 3.63. The van der Waals surface area contributed by atoms with E-state index in [0.29, 0.717) is 28.4 Å². The fourth-order valence-corrected chi connectivity index (χ4v) is 3.86. The van der Waals surface area contributed by atoms with Crippen molar-refractivity contribution in [1.29, 1.82) is 0 Å². The third-order valence-electron chi connectivity index (χ3n) is 5.86. The first-order valence-corrected chi connectivity index (χ1v) is 10.6. The second kappa shape index (κ2) is 8.45. The zero-order valence-corrected chi connectivity index (χ0v) is 18.7. The minimum atomic E-state index is -0.620. The van der Waals surface area contributed by atoms with Crippen molar-refractivity contribution in [2.75, 3.05) is 26.5 Å². The number of carbonyl (C=O) groups excluding carboxylic acids is 2. The summed E-state index contributed by atoms with van der Waals surface area (Å²) in [5, 5.41) is 12.6.